The van der Waals surface area contributed by atoms with Crippen LogP contribution in [0.25, 0.3) is 28.0 Å². The third-order valence-corrected chi connectivity index (χ3v) is 3.08. The lowest BCUT2D eigenvalue weighted by molar-refractivity contribution is 0.459. The molecule has 1 aromatic heterocycles. The van der Waals surface area contributed by atoms with Gasteiger partial charge in [-0.15, -0.1) is 0 Å². The van der Waals surface area contributed by atoms with Gasteiger partial charge in [-0.1, -0.05) is 24.8 Å². The molecule has 114 valence electrons. The number of hydrogen-bond donors (Lipinski definition) is 1. The number of H-pyrrole nitrogens is 1. The molecular weight excluding hydrogens is 290 g/mol. The molecule has 6 nitrogen and oxygen atoms in total. The Kier molecular flexibility index (Phi) is 5.16. The van der Waals surface area contributed by atoms with Crippen LogP contribution in [0.3, 0.4) is 0 Å². The first-order chi connectivity index (χ1) is 11.2. The van der Waals surface area contributed by atoms with Crippen LogP contribution < -0.4 is 16.1 Å². The molecule has 1 heterocycles. The Labute approximate surface area is 133 Å². The summed E-state index contributed by atoms with van der Waals surface area (Å²) in [6.07, 6.45) is 4.89. The van der Waals surface area contributed by atoms with Crippen LogP contribution in [-0.2, 0) is 0 Å². The number of rotatable bonds is 5. The number of aromatic nitrogens is 2. The minimum absolute atomic E-state index is 0.103. The summed E-state index contributed by atoms with van der Waals surface area (Å²) in [4.78, 5) is 20.5. The van der Waals surface area contributed by atoms with Gasteiger partial charge in [-0.2, -0.15) is 0 Å². The van der Waals surface area contributed by atoms with Crippen molar-refractivity contribution in [3.63, 3.8) is 0 Å². The smallest absolute Gasteiger partial charge is 0.293 e. The van der Waals surface area contributed by atoms with Crippen LogP contribution in [0.1, 0.15) is 0 Å². The molecule has 6 heteroatoms. The largest absolute Gasteiger partial charge is 0.294 e. The molecule has 0 bridgehead atoms. The van der Waals surface area contributed by atoms with Gasteiger partial charge in [0.15, 0.2) is 0 Å². The van der Waals surface area contributed by atoms with Crippen LogP contribution in [0.2, 0.25) is 0 Å². The summed E-state index contributed by atoms with van der Waals surface area (Å²) in [5.41, 5.74) is 0.529. The van der Waals surface area contributed by atoms with Crippen LogP contribution in [0.15, 0.2) is 47.4 Å². The van der Waals surface area contributed by atoms with Crippen molar-refractivity contribution in [3.8, 4) is 5.69 Å². The van der Waals surface area contributed by atoms with Gasteiger partial charge in [0.2, 0.25) is 0 Å². The van der Waals surface area contributed by atoms with Crippen LogP contribution in [-0.4, -0.2) is 28.0 Å². The highest BCUT2D eigenvalue weighted by atomic mass is 16.1. The molecule has 0 saturated carbocycles. The van der Waals surface area contributed by atoms with Crippen molar-refractivity contribution >= 4 is 12.7 Å². The van der Waals surface area contributed by atoms with Crippen molar-refractivity contribution in [1.82, 2.24) is 14.7 Å². The maximum absolute atomic E-state index is 12.4. The number of nitrogens with zero attached hydrogens (tertiary/aromatic N) is 4. The monoisotopic (exact) mass is 305 g/mol. The fourth-order valence-electron chi connectivity index (χ4n) is 2.01. The average Bonchev–Trinajstić information content (AvgIpc) is 2.84. The summed E-state index contributed by atoms with van der Waals surface area (Å²) in [6, 6.07) is 9.22. The van der Waals surface area contributed by atoms with E-state index in [4.69, 9.17) is 13.1 Å². The maximum Gasteiger partial charge on any atom is 0.294 e. The molecule has 0 aliphatic rings. The molecule has 2 rings (SSSR count). The highest BCUT2D eigenvalue weighted by Gasteiger charge is 2.04. The third-order valence-electron chi connectivity index (χ3n) is 3.08. The van der Waals surface area contributed by atoms with Gasteiger partial charge < -0.3 is 0 Å². The first kappa shape index (κ1) is 15.9. The van der Waals surface area contributed by atoms with Gasteiger partial charge in [0.1, 0.15) is 0 Å². The Morgan fingerprint density at radius 1 is 1.22 bits per heavy atom. The molecule has 1 aromatic carbocycles. The first-order valence-corrected chi connectivity index (χ1v) is 6.81. The van der Waals surface area contributed by atoms with E-state index in [0.717, 1.165) is 5.69 Å². The fraction of sp³-hybridized carbons (Fsp3) is 0.118. The van der Waals surface area contributed by atoms with E-state index in [1.807, 2.05) is 30.3 Å². The second kappa shape index (κ2) is 7.48. The topological polar surface area (TPSA) is 49.8 Å². The van der Waals surface area contributed by atoms with E-state index in [0.29, 0.717) is 10.6 Å². The number of allylic oxidation sites excluding steroid dienone is 1. The average molecular weight is 305 g/mol. The lowest BCUT2D eigenvalue weighted by atomic mass is 10.3. The Morgan fingerprint density at radius 2 is 1.87 bits per heavy atom. The van der Waals surface area contributed by atoms with Crippen molar-refractivity contribution in [1.29, 1.82) is 0 Å². The van der Waals surface area contributed by atoms with Crippen LogP contribution in [0.5, 0.6) is 0 Å². The van der Waals surface area contributed by atoms with E-state index in [1.54, 1.807) is 23.3 Å². The molecule has 0 spiro atoms. The van der Waals surface area contributed by atoms with Gasteiger partial charge >= 0.3 is 0 Å². The van der Waals surface area contributed by atoms with E-state index in [-0.39, 0.29) is 18.9 Å². The quantitative estimate of drug-likeness (QED) is 0.835. The van der Waals surface area contributed by atoms with Crippen molar-refractivity contribution in [2.24, 2.45) is 0 Å². The predicted octanol–water partition coefficient (Wildman–Crippen LogP) is 0.926. The highest BCUT2D eigenvalue weighted by Crippen LogP contribution is 1.99. The molecule has 0 fully saturated rings. The van der Waals surface area contributed by atoms with Crippen LogP contribution in [0, 0.1) is 13.1 Å². The molecule has 23 heavy (non-hydrogen) atoms. The standard InChI is InChI=1S/C17H15N5O/c1-14-16(10-7-11-21(12-18-2)13-19-3)17(23)22(20-14)15-8-5-4-6-9-15/h4-11,20H,1,12-13H2/b11-7?,16-10-. The van der Waals surface area contributed by atoms with E-state index >= 15 is 0 Å². The van der Waals surface area contributed by atoms with Crippen LogP contribution >= 0.6 is 0 Å². The van der Waals surface area contributed by atoms with Crippen molar-refractivity contribution in [2.75, 3.05) is 13.3 Å². The predicted molar refractivity (Wildman–Crippen MR) is 89.5 cm³/mol. The molecular formula is C17H15N5O. The molecule has 2 aromatic rings. The van der Waals surface area contributed by atoms with Gasteiger partial charge in [-0.3, -0.25) is 19.6 Å². The molecule has 0 aliphatic heterocycles. The molecule has 0 atom stereocenters. The van der Waals surface area contributed by atoms with Crippen molar-refractivity contribution < 1.29 is 0 Å². The van der Waals surface area contributed by atoms with Crippen molar-refractivity contribution in [2.45, 2.75) is 0 Å². The zero-order valence-corrected chi connectivity index (χ0v) is 12.4. The Morgan fingerprint density at radius 3 is 2.48 bits per heavy atom. The number of nitrogens with one attached hydrogen (secondary N) is 1. The number of hydrogen-bond acceptors (Lipinski definition) is 2. The lowest BCUT2D eigenvalue weighted by Gasteiger charge is -2.03. The summed E-state index contributed by atoms with van der Waals surface area (Å²) in [6.45, 7) is 17.7. The van der Waals surface area contributed by atoms with Gasteiger partial charge in [-0.25, -0.2) is 22.7 Å². The Hall–Kier alpha value is -3.51. The van der Waals surface area contributed by atoms with Gasteiger partial charge in [0, 0.05) is 6.20 Å². The number of benzene rings is 1. The third kappa shape index (κ3) is 3.78. The second-order valence-corrected chi connectivity index (χ2v) is 4.68. The van der Waals surface area contributed by atoms with E-state index in [1.165, 1.54) is 4.68 Å². The Balaban J connectivity index is 2.37. The summed E-state index contributed by atoms with van der Waals surface area (Å²) in [5, 5.41) is 3.88. The van der Waals surface area contributed by atoms with Crippen LogP contribution in [0.4, 0.5) is 0 Å². The molecule has 0 amide bonds. The van der Waals surface area contributed by atoms with Crippen molar-refractivity contribution in [3.05, 3.63) is 86.4 Å². The molecule has 0 radical (unpaired) electrons. The SMILES string of the molecule is [C-]#[N+]CN(C=C/C=c1/c(=C)[nH]n(-c2ccccc2)c1=O)C[N+]#[C-]. The molecule has 0 saturated heterocycles. The van der Waals surface area contributed by atoms with Gasteiger partial charge in [0.05, 0.1) is 16.3 Å². The molecule has 0 unspecified atom stereocenters. The summed E-state index contributed by atoms with van der Waals surface area (Å²) >= 11 is 0. The van der Waals surface area contributed by atoms with Gasteiger partial charge in [-0.05, 0) is 24.3 Å². The Bertz CT molecular complexity index is 922. The maximum atomic E-state index is 12.4. The lowest BCUT2D eigenvalue weighted by Crippen LogP contribution is -2.33. The minimum Gasteiger partial charge on any atom is -0.293 e. The summed E-state index contributed by atoms with van der Waals surface area (Å²) < 4.78 is 1.43. The zero-order chi connectivity index (χ0) is 16.7. The number of para-hydroxylation sites is 1. The second-order valence-electron chi connectivity index (χ2n) is 4.68. The number of aromatic amines is 1. The first-order valence-electron chi connectivity index (χ1n) is 6.81. The zero-order valence-electron chi connectivity index (χ0n) is 12.4. The minimum atomic E-state index is -0.201. The fourth-order valence-corrected chi connectivity index (χ4v) is 2.01. The van der Waals surface area contributed by atoms with E-state index < -0.39 is 0 Å². The van der Waals surface area contributed by atoms with Gasteiger partial charge in [0.25, 0.3) is 18.9 Å². The highest BCUT2D eigenvalue weighted by molar-refractivity contribution is 5.38. The van der Waals surface area contributed by atoms with E-state index in [2.05, 4.69) is 21.4 Å². The molecule has 1 N–H and O–H groups in total. The summed E-state index contributed by atoms with van der Waals surface area (Å²) in [5.74, 6) is 0. The summed E-state index contributed by atoms with van der Waals surface area (Å²) in [7, 11) is 0. The molecule has 0 aliphatic carbocycles. The van der Waals surface area contributed by atoms with E-state index in [9.17, 15) is 4.79 Å². The normalized spacial score (nSPS) is 11.3.